The van der Waals surface area contributed by atoms with Gasteiger partial charge < -0.3 is 14.2 Å². The molecule has 0 bridgehead atoms. The van der Waals surface area contributed by atoms with Crippen molar-refractivity contribution in [2.24, 2.45) is 28.6 Å². The van der Waals surface area contributed by atoms with Crippen molar-refractivity contribution in [3.8, 4) is 0 Å². The Morgan fingerprint density at radius 3 is 2.72 bits per heavy atom. The predicted octanol–water partition coefficient (Wildman–Crippen LogP) is 3.60. The smallest absolute Gasteiger partial charge is 0.190 e. The summed E-state index contributed by atoms with van der Waals surface area (Å²) in [7, 11) is 0. The number of hydrogen-bond acceptors (Lipinski definition) is 5. The molecule has 7 atom stereocenters. The molecule has 5 heteroatoms. The van der Waals surface area contributed by atoms with Gasteiger partial charge in [-0.15, -0.1) is 0 Å². The first-order valence-corrected chi connectivity index (χ1v) is 11.4. The Kier molecular flexibility index (Phi) is 3.61. The van der Waals surface area contributed by atoms with Crippen LogP contribution in [0.3, 0.4) is 0 Å². The van der Waals surface area contributed by atoms with Crippen LogP contribution in [-0.2, 0) is 23.8 Å². The second kappa shape index (κ2) is 5.60. The highest BCUT2D eigenvalue weighted by Gasteiger charge is 2.73. The Hall–Kier alpha value is -1.04. The van der Waals surface area contributed by atoms with Gasteiger partial charge in [-0.1, -0.05) is 12.5 Å². The number of carbonyl (C=O) groups excluding carboxylic acids is 2. The Bertz CT molecular complexity index is 829. The molecule has 2 aliphatic heterocycles. The van der Waals surface area contributed by atoms with Crippen LogP contribution < -0.4 is 0 Å². The number of Topliss-reactive ketones (excluding diaryl/α,β-unsaturated/α-hetero) is 1. The molecule has 2 heterocycles. The lowest BCUT2D eigenvalue weighted by molar-refractivity contribution is -0.314. The molecule has 0 amide bonds. The van der Waals surface area contributed by atoms with Crippen molar-refractivity contribution < 1.29 is 23.8 Å². The predicted molar refractivity (Wildman–Crippen MR) is 105 cm³/mol. The van der Waals surface area contributed by atoms with Crippen molar-refractivity contribution in [2.75, 3.05) is 13.2 Å². The molecule has 29 heavy (non-hydrogen) atoms. The minimum atomic E-state index is -0.748. The molecule has 6 aliphatic rings. The van der Waals surface area contributed by atoms with Gasteiger partial charge in [0.05, 0.1) is 12.7 Å². The van der Waals surface area contributed by atoms with Gasteiger partial charge >= 0.3 is 0 Å². The van der Waals surface area contributed by atoms with Crippen molar-refractivity contribution in [1.82, 2.24) is 0 Å². The van der Waals surface area contributed by atoms with Crippen LogP contribution in [0.1, 0.15) is 65.7 Å². The second-order valence-corrected chi connectivity index (χ2v) is 11.2. The van der Waals surface area contributed by atoms with Crippen LogP contribution in [0.25, 0.3) is 0 Å². The van der Waals surface area contributed by atoms with E-state index in [1.54, 1.807) is 0 Å². The maximum Gasteiger partial charge on any atom is 0.190 e. The molecule has 0 radical (unpaired) electrons. The van der Waals surface area contributed by atoms with E-state index in [2.05, 4.69) is 6.92 Å². The van der Waals surface area contributed by atoms with Gasteiger partial charge in [-0.2, -0.15) is 0 Å². The summed E-state index contributed by atoms with van der Waals surface area (Å²) in [4.78, 5) is 25.4. The number of hydrogen-bond donors (Lipinski definition) is 0. The summed E-state index contributed by atoms with van der Waals surface area (Å²) >= 11 is 0. The summed E-state index contributed by atoms with van der Waals surface area (Å²) < 4.78 is 18.7. The molecule has 0 N–H and O–H groups in total. The van der Waals surface area contributed by atoms with Crippen molar-refractivity contribution in [3.63, 3.8) is 0 Å². The first kappa shape index (κ1) is 18.7. The van der Waals surface area contributed by atoms with E-state index < -0.39 is 11.4 Å². The average molecular weight is 401 g/mol. The van der Waals surface area contributed by atoms with E-state index >= 15 is 0 Å². The zero-order chi connectivity index (χ0) is 20.2. The quantitative estimate of drug-likeness (QED) is 0.622. The molecule has 5 nitrogen and oxygen atoms in total. The molecular weight excluding hydrogens is 368 g/mol. The van der Waals surface area contributed by atoms with E-state index in [0.29, 0.717) is 24.2 Å². The maximum absolute atomic E-state index is 13.3. The van der Waals surface area contributed by atoms with Gasteiger partial charge in [0.2, 0.25) is 0 Å². The van der Waals surface area contributed by atoms with E-state index in [1.165, 1.54) is 5.57 Å². The zero-order valence-corrected chi connectivity index (χ0v) is 17.8. The van der Waals surface area contributed by atoms with Gasteiger partial charge in [0.25, 0.3) is 0 Å². The van der Waals surface area contributed by atoms with Crippen LogP contribution in [0.2, 0.25) is 0 Å². The number of fused-ring (bicyclic) bond motifs is 3. The SMILES string of the molecule is CC1(C)OCC(=O)[C@]2(CC[C@H]3[C@@H]4CCC5=CC(=O)CC[C@@]56CO[C@@H](C[C@@]32C)[C@@H]46)O1. The van der Waals surface area contributed by atoms with Crippen molar-refractivity contribution in [1.29, 1.82) is 0 Å². The lowest BCUT2D eigenvalue weighted by Gasteiger charge is -2.59. The van der Waals surface area contributed by atoms with Crippen LogP contribution >= 0.6 is 0 Å². The summed E-state index contributed by atoms with van der Waals surface area (Å²) in [5.74, 6) is 1.19. The molecule has 4 aliphatic carbocycles. The normalized spacial score (nSPS) is 52.7. The largest absolute Gasteiger partial charge is 0.377 e. The summed E-state index contributed by atoms with van der Waals surface area (Å²) in [5, 5.41) is 0. The number of ether oxygens (including phenoxy) is 3. The molecule has 2 spiro atoms. The topological polar surface area (TPSA) is 61.8 Å². The van der Waals surface area contributed by atoms with Crippen LogP contribution in [0, 0.1) is 28.6 Å². The van der Waals surface area contributed by atoms with Gasteiger partial charge in [-0.3, -0.25) is 9.59 Å². The fraction of sp³-hybridized carbons (Fsp3) is 0.833. The van der Waals surface area contributed by atoms with Gasteiger partial charge in [0, 0.05) is 17.3 Å². The molecule has 0 aromatic heterocycles. The zero-order valence-electron chi connectivity index (χ0n) is 17.8. The Balaban J connectivity index is 1.42. The van der Waals surface area contributed by atoms with Gasteiger partial charge in [0.15, 0.2) is 17.4 Å². The maximum atomic E-state index is 13.3. The number of rotatable bonds is 0. The summed E-state index contributed by atoms with van der Waals surface area (Å²) in [6, 6.07) is 0. The minimum absolute atomic E-state index is 0.0678. The van der Waals surface area contributed by atoms with Crippen LogP contribution in [0.5, 0.6) is 0 Å². The van der Waals surface area contributed by atoms with E-state index in [-0.39, 0.29) is 35.1 Å². The lowest BCUT2D eigenvalue weighted by atomic mass is 9.46. The highest BCUT2D eigenvalue weighted by molar-refractivity contribution is 5.92. The summed E-state index contributed by atoms with van der Waals surface area (Å²) in [6.07, 6.45) is 8.54. The molecule has 6 rings (SSSR count). The standard InChI is InChI=1S/C24H32O5/c1-21(2)28-12-19(26)24(29-21)9-7-17-16-5-4-14-10-15(25)6-8-23(14)13-27-18(20(16)23)11-22(17,24)3/h10,16-18,20H,4-9,11-13H2,1-3H3/t16-,17-,18-,20+,22-,23+,24-/m0/s1. The average Bonchev–Trinajstić information content (AvgIpc) is 3.17. The first-order valence-electron chi connectivity index (χ1n) is 11.4. The molecule has 5 fully saturated rings. The van der Waals surface area contributed by atoms with Crippen molar-refractivity contribution >= 4 is 11.6 Å². The summed E-state index contributed by atoms with van der Waals surface area (Å²) in [6.45, 7) is 7.05. The van der Waals surface area contributed by atoms with Gasteiger partial charge in [-0.25, -0.2) is 0 Å². The third-order valence-corrected chi connectivity index (χ3v) is 9.71. The Morgan fingerprint density at radius 2 is 1.90 bits per heavy atom. The minimum Gasteiger partial charge on any atom is -0.377 e. The van der Waals surface area contributed by atoms with E-state index in [0.717, 1.165) is 45.1 Å². The monoisotopic (exact) mass is 400 g/mol. The van der Waals surface area contributed by atoms with Gasteiger partial charge in [-0.05, 0) is 76.2 Å². The highest BCUT2D eigenvalue weighted by Crippen LogP contribution is 2.71. The number of ketones is 2. The van der Waals surface area contributed by atoms with E-state index in [9.17, 15) is 9.59 Å². The van der Waals surface area contributed by atoms with Crippen LogP contribution in [0.15, 0.2) is 11.6 Å². The number of carbonyl (C=O) groups is 2. The molecular formula is C24H32O5. The Labute approximate surface area is 172 Å². The molecule has 2 saturated heterocycles. The van der Waals surface area contributed by atoms with E-state index in [4.69, 9.17) is 14.2 Å². The Morgan fingerprint density at radius 1 is 1.07 bits per heavy atom. The third-order valence-electron chi connectivity index (χ3n) is 9.71. The first-order chi connectivity index (χ1) is 13.7. The molecule has 0 unspecified atom stereocenters. The van der Waals surface area contributed by atoms with E-state index in [1.807, 2.05) is 19.9 Å². The van der Waals surface area contributed by atoms with Crippen LogP contribution in [0.4, 0.5) is 0 Å². The van der Waals surface area contributed by atoms with Crippen molar-refractivity contribution in [3.05, 3.63) is 11.6 Å². The molecule has 158 valence electrons. The van der Waals surface area contributed by atoms with Crippen LogP contribution in [-0.4, -0.2) is 42.3 Å². The fourth-order valence-corrected chi connectivity index (χ4v) is 8.59. The molecule has 3 saturated carbocycles. The summed E-state index contributed by atoms with van der Waals surface area (Å²) in [5.41, 5.74) is 0.461. The van der Waals surface area contributed by atoms with Gasteiger partial charge in [0.1, 0.15) is 12.2 Å². The molecule has 0 aromatic rings. The third kappa shape index (κ3) is 2.17. The molecule has 0 aromatic carbocycles. The highest BCUT2D eigenvalue weighted by atomic mass is 16.7. The lowest BCUT2D eigenvalue weighted by Crippen LogP contribution is -2.65. The van der Waals surface area contributed by atoms with Crippen molar-refractivity contribution in [2.45, 2.75) is 83.2 Å². The second-order valence-electron chi connectivity index (χ2n) is 11.2. The fourth-order valence-electron chi connectivity index (χ4n) is 8.59.